The fraction of sp³-hybridized carbons (Fsp3) is 0.350. The van der Waals surface area contributed by atoms with Crippen LogP contribution >= 0.6 is 23.2 Å². The Morgan fingerprint density at radius 2 is 1.85 bits per heavy atom. The number of nitrogens with zero attached hydrogens (tertiary/aromatic N) is 1. The number of piperidine rings is 1. The molecule has 3 rings (SSSR count). The highest BCUT2D eigenvalue weighted by molar-refractivity contribution is 6.40. The summed E-state index contributed by atoms with van der Waals surface area (Å²) in [7, 11) is 0. The summed E-state index contributed by atoms with van der Waals surface area (Å²) >= 11 is 12.6. The number of carbonyl (C=O) groups excluding carboxylic acids is 1. The molecule has 0 spiro atoms. The predicted molar refractivity (Wildman–Crippen MR) is 101 cm³/mol. The molecule has 0 N–H and O–H groups in total. The topological polar surface area (TPSA) is 20.3 Å². The molecule has 1 amide bonds. The minimum absolute atomic E-state index is 0.0154. The highest BCUT2D eigenvalue weighted by atomic mass is 35.5. The molecule has 1 aliphatic heterocycles. The first-order chi connectivity index (χ1) is 12.4. The van der Waals surface area contributed by atoms with E-state index in [4.69, 9.17) is 23.2 Å². The van der Waals surface area contributed by atoms with Crippen LogP contribution in [-0.2, 0) is 11.2 Å². The first-order valence-electron chi connectivity index (χ1n) is 8.60. The Balaban J connectivity index is 1.90. The van der Waals surface area contributed by atoms with Crippen molar-refractivity contribution in [2.45, 2.75) is 26.2 Å². The van der Waals surface area contributed by atoms with Gasteiger partial charge in [0.25, 0.3) is 0 Å². The number of halogens is 4. The third kappa shape index (κ3) is 3.86. The monoisotopic (exact) mass is 397 g/mol. The van der Waals surface area contributed by atoms with Crippen LogP contribution in [0.1, 0.15) is 25.3 Å². The fourth-order valence-corrected chi connectivity index (χ4v) is 4.18. The minimum atomic E-state index is -0.596. The molecular formula is C20H19Cl2F2NO. The predicted octanol–water partition coefficient (Wildman–Crippen LogP) is 5.89. The van der Waals surface area contributed by atoms with Crippen LogP contribution in [0.5, 0.6) is 0 Å². The molecule has 2 aromatic carbocycles. The van der Waals surface area contributed by atoms with Crippen molar-refractivity contribution in [1.29, 1.82) is 0 Å². The lowest BCUT2D eigenvalue weighted by Crippen LogP contribution is -2.46. The van der Waals surface area contributed by atoms with E-state index in [2.05, 4.69) is 0 Å². The first kappa shape index (κ1) is 19.1. The summed E-state index contributed by atoms with van der Waals surface area (Å²) in [5, 5.41) is 0.823. The van der Waals surface area contributed by atoms with Crippen molar-refractivity contribution in [2.75, 3.05) is 11.4 Å². The molecule has 0 unspecified atom stereocenters. The molecule has 2 atom stereocenters. The maximum Gasteiger partial charge on any atom is 0.230 e. The van der Waals surface area contributed by atoms with E-state index < -0.39 is 11.6 Å². The second-order valence-electron chi connectivity index (χ2n) is 6.67. The van der Waals surface area contributed by atoms with Gasteiger partial charge in [-0.3, -0.25) is 4.79 Å². The van der Waals surface area contributed by atoms with Gasteiger partial charge in [-0.15, -0.1) is 0 Å². The number of benzene rings is 2. The molecule has 1 aliphatic rings. The van der Waals surface area contributed by atoms with Crippen molar-refractivity contribution in [3.8, 4) is 0 Å². The zero-order valence-corrected chi connectivity index (χ0v) is 15.8. The van der Waals surface area contributed by atoms with Gasteiger partial charge < -0.3 is 4.90 Å². The second-order valence-corrected chi connectivity index (χ2v) is 7.48. The van der Waals surface area contributed by atoms with Gasteiger partial charge in [0, 0.05) is 18.5 Å². The van der Waals surface area contributed by atoms with Gasteiger partial charge in [0.05, 0.1) is 15.7 Å². The summed E-state index contributed by atoms with van der Waals surface area (Å²) in [6, 6.07) is 8.73. The number of hydrogen-bond acceptors (Lipinski definition) is 1. The van der Waals surface area contributed by atoms with Crippen LogP contribution in [0.2, 0.25) is 10.0 Å². The highest BCUT2D eigenvalue weighted by Crippen LogP contribution is 2.39. The van der Waals surface area contributed by atoms with E-state index in [1.807, 2.05) is 6.92 Å². The Morgan fingerprint density at radius 1 is 1.15 bits per heavy atom. The fourth-order valence-electron chi connectivity index (χ4n) is 3.58. The Kier molecular flexibility index (Phi) is 5.83. The minimum Gasteiger partial charge on any atom is -0.309 e. The van der Waals surface area contributed by atoms with Gasteiger partial charge in [-0.25, -0.2) is 8.78 Å². The standard InChI is InChI=1S/C20H19Cl2F2NO/c1-2-13-8-12(9-14-6-7-15(23)10-18(14)24)11-25(20(13)26)19-16(21)4-3-5-17(19)22/h3-7,10,12-13H,2,8-9,11H2,1H3/t12-,13-/m0/s1. The van der Waals surface area contributed by atoms with Crippen molar-refractivity contribution in [3.63, 3.8) is 0 Å². The number of carbonyl (C=O) groups is 1. The molecule has 1 saturated heterocycles. The maximum atomic E-state index is 14.0. The Morgan fingerprint density at radius 3 is 2.46 bits per heavy atom. The van der Waals surface area contributed by atoms with E-state index in [0.29, 0.717) is 47.1 Å². The molecule has 1 heterocycles. The van der Waals surface area contributed by atoms with Crippen LogP contribution in [0.25, 0.3) is 0 Å². The maximum absolute atomic E-state index is 14.0. The average molecular weight is 398 g/mol. The number of anilines is 1. The lowest BCUT2D eigenvalue weighted by atomic mass is 9.83. The third-order valence-corrected chi connectivity index (χ3v) is 5.51. The first-order valence-corrected chi connectivity index (χ1v) is 9.35. The van der Waals surface area contributed by atoms with Crippen LogP contribution in [0.15, 0.2) is 36.4 Å². The highest BCUT2D eigenvalue weighted by Gasteiger charge is 2.36. The van der Waals surface area contributed by atoms with Gasteiger partial charge in [0.15, 0.2) is 0 Å². The van der Waals surface area contributed by atoms with E-state index in [9.17, 15) is 13.6 Å². The number of hydrogen-bond donors (Lipinski definition) is 0. The Bertz CT molecular complexity index is 807. The lowest BCUT2D eigenvalue weighted by molar-refractivity contribution is -0.124. The van der Waals surface area contributed by atoms with Crippen molar-refractivity contribution < 1.29 is 13.6 Å². The zero-order valence-electron chi connectivity index (χ0n) is 14.3. The molecule has 1 fully saturated rings. The molecule has 0 aliphatic carbocycles. The molecule has 2 aromatic rings. The third-order valence-electron chi connectivity index (χ3n) is 4.90. The van der Waals surface area contributed by atoms with Crippen LogP contribution in [0.4, 0.5) is 14.5 Å². The van der Waals surface area contributed by atoms with E-state index in [0.717, 1.165) is 6.07 Å². The van der Waals surface area contributed by atoms with Crippen molar-refractivity contribution in [3.05, 3.63) is 63.6 Å². The zero-order chi connectivity index (χ0) is 18.8. The number of para-hydroxylation sites is 1. The molecule has 0 aromatic heterocycles. The summed E-state index contributed by atoms with van der Waals surface area (Å²) in [5.74, 6) is -1.31. The SMILES string of the molecule is CC[C@H]1C[C@@H](Cc2ccc(F)cc2F)CN(c2c(Cl)cccc2Cl)C1=O. The number of amides is 1. The molecule has 6 heteroatoms. The van der Waals surface area contributed by atoms with Crippen molar-refractivity contribution >= 4 is 34.8 Å². The van der Waals surface area contributed by atoms with Crippen LogP contribution in [0.3, 0.4) is 0 Å². The van der Waals surface area contributed by atoms with Crippen LogP contribution in [0, 0.1) is 23.5 Å². The quantitative estimate of drug-likeness (QED) is 0.629. The summed E-state index contributed by atoms with van der Waals surface area (Å²) in [5.41, 5.74) is 0.953. The molecule has 0 saturated carbocycles. The molecule has 0 bridgehead atoms. The number of rotatable bonds is 4. The lowest BCUT2D eigenvalue weighted by Gasteiger charge is -2.38. The van der Waals surface area contributed by atoms with E-state index >= 15 is 0 Å². The van der Waals surface area contributed by atoms with E-state index in [-0.39, 0.29) is 17.7 Å². The summed E-state index contributed by atoms with van der Waals surface area (Å²) in [4.78, 5) is 14.5. The van der Waals surface area contributed by atoms with Gasteiger partial charge in [-0.2, -0.15) is 0 Å². The second kappa shape index (κ2) is 7.93. The molecule has 26 heavy (non-hydrogen) atoms. The largest absolute Gasteiger partial charge is 0.309 e. The summed E-state index contributed by atoms with van der Waals surface area (Å²) in [6.45, 7) is 2.35. The van der Waals surface area contributed by atoms with Gasteiger partial charge in [-0.1, -0.05) is 42.3 Å². The van der Waals surface area contributed by atoms with Gasteiger partial charge in [0.1, 0.15) is 11.6 Å². The molecule has 0 radical (unpaired) electrons. The van der Waals surface area contributed by atoms with Crippen molar-refractivity contribution in [2.24, 2.45) is 11.8 Å². The molecule has 138 valence electrons. The van der Waals surface area contributed by atoms with E-state index in [1.54, 1.807) is 23.1 Å². The van der Waals surface area contributed by atoms with E-state index in [1.165, 1.54) is 12.1 Å². The summed E-state index contributed by atoms with van der Waals surface area (Å²) < 4.78 is 27.2. The Hall–Kier alpha value is -1.65. The van der Waals surface area contributed by atoms with Gasteiger partial charge in [-0.05, 0) is 48.9 Å². The smallest absolute Gasteiger partial charge is 0.230 e. The van der Waals surface area contributed by atoms with Crippen LogP contribution < -0.4 is 4.90 Å². The normalized spacial score (nSPS) is 20.5. The molecule has 2 nitrogen and oxygen atoms in total. The summed E-state index contributed by atoms with van der Waals surface area (Å²) in [6.07, 6.45) is 1.76. The van der Waals surface area contributed by atoms with Gasteiger partial charge >= 0.3 is 0 Å². The van der Waals surface area contributed by atoms with Gasteiger partial charge in [0.2, 0.25) is 5.91 Å². The average Bonchev–Trinajstić information content (AvgIpc) is 2.59. The molecular weight excluding hydrogens is 379 g/mol. The Labute approximate surface area is 161 Å². The van der Waals surface area contributed by atoms with Crippen molar-refractivity contribution in [1.82, 2.24) is 0 Å². The van der Waals surface area contributed by atoms with Crippen LogP contribution in [-0.4, -0.2) is 12.5 Å².